The zero-order valence-electron chi connectivity index (χ0n) is 12.8. The van der Waals surface area contributed by atoms with Crippen LogP contribution in [0.5, 0.6) is 0 Å². The quantitative estimate of drug-likeness (QED) is 0.392. The Morgan fingerprint density at radius 3 is 2.92 bits per heavy atom. The smallest absolute Gasteiger partial charge is 0.345 e. The Balaban J connectivity index is 1.84. The molecule has 0 aliphatic rings. The maximum atomic E-state index is 12.1. The number of hydrogen-bond acceptors (Lipinski definition) is 7. The first-order valence-corrected chi connectivity index (χ1v) is 8.20. The van der Waals surface area contributed by atoms with E-state index in [0.717, 1.165) is 11.8 Å². The molecule has 1 aromatic carbocycles. The lowest BCUT2D eigenvalue weighted by Gasteiger charge is -2.06. The van der Waals surface area contributed by atoms with Gasteiger partial charge in [-0.3, -0.25) is 19.3 Å². The van der Waals surface area contributed by atoms with Gasteiger partial charge in [0.15, 0.2) is 4.96 Å². The second kappa shape index (κ2) is 6.61. The van der Waals surface area contributed by atoms with Crippen LogP contribution in [0.15, 0.2) is 34.4 Å². The van der Waals surface area contributed by atoms with Crippen molar-refractivity contribution in [3.8, 4) is 0 Å². The molecule has 0 amide bonds. The SMILES string of the molecule is Cc1csc2nc(COC(=O)c3ccc(Cl)cc3[N+](=O)[O-])cc(=O)n12. The monoisotopic (exact) mass is 379 g/mol. The third kappa shape index (κ3) is 3.37. The van der Waals surface area contributed by atoms with Crippen molar-refractivity contribution in [1.82, 2.24) is 9.38 Å². The Labute approximate surface area is 149 Å². The average Bonchev–Trinajstić information content (AvgIpc) is 2.94. The first-order chi connectivity index (χ1) is 11.9. The van der Waals surface area contributed by atoms with E-state index in [4.69, 9.17) is 16.3 Å². The number of nitrogens with zero attached hydrogens (tertiary/aromatic N) is 3. The molecule has 0 unspecified atom stereocenters. The summed E-state index contributed by atoms with van der Waals surface area (Å²) in [5.74, 6) is -0.896. The van der Waals surface area contributed by atoms with Gasteiger partial charge >= 0.3 is 5.97 Å². The van der Waals surface area contributed by atoms with Crippen LogP contribution in [0.2, 0.25) is 5.02 Å². The number of carbonyl (C=O) groups excluding carboxylic acids is 1. The molecule has 2 heterocycles. The number of rotatable bonds is 4. The van der Waals surface area contributed by atoms with E-state index in [-0.39, 0.29) is 28.4 Å². The summed E-state index contributed by atoms with van der Waals surface area (Å²) in [7, 11) is 0. The predicted molar refractivity (Wildman–Crippen MR) is 91.3 cm³/mol. The van der Waals surface area contributed by atoms with E-state index in [9.17, 15) is 19.7 Å². The van der Waals surface area contributed by atoms with E-state index in [1.165, 1.54) is 33.9 Å². The number of hydrogen-bond donors (Lipinski definition) is 0. The molecule has 0 fully saturated rings. The molecule has 25 heavy (non-hydrogen) atoms. The van der Waals surface area contributed by atoms with Crippen LogP contribution in [0.3, 0.4) is 0 Å². The summed E-state index contributed by atoms with van der Waals surface area (Å²) in [6.45, 7) is 1.51. The van der Waals surface area contributed by atoms with Crippen molar-refractivity contribution < 1.29 is 14.5 Å². The highest BCUT2D eigenvalue weighted by molar-refractivity contribution is 7.15. The van der Waals surface area contributed by atoms with Crippen molar-refractivity contribution in [2.75, 3.05) is 0 Å². The van der Waals surface area contributed by atoms with Crippen LogP contribution in [0.25, 0.3) is 4.96 Å². The summed E-state index contributed by atoms with van der Waals surface area (Å²) >= 11 is 7.00. The minimum Gasteiger partial charge on any atom is -0.455 e. The molecule has 128 valence electrons. The lowest BCUT2D eigenvalue weighted by Crippen LogP contribution is -2.16. The van der Waals surface area contributed by atoms with Gasteiger partial charge in [-0.1, -0.05) is 11.6 Å². The molecule has 0 aliphatic carbocycles. The standard InChI is InChI=1S/C15H10ClN3O5S/c1-8-7-25-15-17-10(5-13(20)18(8)15)6-24-14(21)11-3-2-9(16)4-12(11)19(22)23/h2-5,7H,6H2,1H3. The molecule has 0 bridgehead atoms. The van der Waals surface area contributed by atoms with Gasteiger partial charge in [0.2, 0.25) is 0 Å². The summed E-state index contributed by atoms with van der Waals surface area (Å²) < 4.78 is 6.51. The van der Waals surface area contributed by atoms with Crippen molar-refractivity contribution in [2.24, 2.45) is 0 Å². The summed E-state index contributed by atoms with van der Waals surface area (Å²) in [4.78, 5) is 39.2. The van der Waals surface area contributed by atoms with Crippen LogP contribution in [-0.2, 0) is 11.3 Å². The van der Waals surface area contributed by atoms with Gasteiger partial charge in [0.25, 0.3) is 11.2 Å². The van der Waals surface area contributed by atoms with Gasteiger partial charge < -0.3 is 4.74 Å². The Morgan fingerprint density at radius 1 is 1.44 bits per heavy atom. The Hall–Kier alpha value is -2.78. The van der Waals surface area contributed by atoms with E-state index in [0.29, 0.717) is 4.96 Å². The minimum absolute atomic E-state index is 0.136. The maximum absolute atomic E-state index is 12.1. The van der Waals surface area contributed by atoms with Crippen LogP contribution in [0.1, 0.15) is 21.7 Å². The minimum atomic E-state index is -0.896. The Kier molecular flexibility index (Phi) is 4.51. The zero-order chi connectivity index (χ0) is 18.1. The van der Waals surface area contributed by atoms with E-state index in [1.807, 2.05) is 0 Å². The van der Waals surface area contributed by atoms with Gasteiger partial charge in [0, 0.05) is 28.2 Å². The van der Waals surface area contributed by atoms with Gasteiger partial charge in [-0.2, -0.15) is 0 Å². The zero-order valence-corrected chi connectivity index (χ0v) is 14.3. The third-order valence-electron chi connectivity index (χ3n) is 3.36. The molecule has 8 nitrogen and oxygen atoms in total. The number of nitro groups is 1. The molecule has 3 rings (SSSR count). The third-order valence-corrected chi connectivity index (χ3v) is 4.53. The number of thiazole rings is 1. The molecular weight excluding hydrogens is 370 g/mol. The normalized spacial score (nSPS) is 10.8. The van der Waals surface area contributed by atoms with Crippen molar-refractivity contribution in [2.45, 2.75) is 13.5 Å². The average molecular weight is 380 g/mol. The number of esters is 1. The highest BCUT2D eigenvalue weighted by Gasteiger charge is 2.22. The Bertz CT molecular complexity index is 1060. The van der Waals surface area contributed by atoms with E-state index in [2.05, 4.69) is 4.98 Å². The van der Waals surface area contributed by atoms with Crippen molar-refractivity contribution in [3.63, 3.8) is 0 Å². The second-order valence-electron chi connectivity index (χ2n) is 5.08. The number of aryl methyl sites for hydroxylation is 1. The molecule has 0 radical (unpaired) electrons. The summed E-state index contributed by atoms with van der Waals surface area (Å²) in [5, 5.41) is 13.0. The van der Waals surface area contributed by atoms with E-state index < -0.39 is 16.6 Å². The molecule has 2 aromatic heterocycles. The highest BCUT2D eigenvalue weighted by atomic mass is 35.5. The fraction of sp³-hybridized carbons (Fsp3) is 0.133. The molecule has 0 spiro atoms. The first kappa shape index (κ1) is 17.1. The van der Waals surface area contributed by atoms with Crippen molar-refractivity contribution in [1.29, 1.82) is 0 Å². The van der Waals surface area contributed by atoms with Crippen molar-refractivity contribution >= 4 is 39.6 Å². The molecule has 0 saturated heterocycles. The number of carbonyl (C=O) groups is 1. The Morgan fingerprint density at radius 2 is 2.20 bits per heavy atom. The van der Waals surface area contributed by atoms with E-state index in [1.54, 1.807) is 12.3 Å². The summed E-state index contributed by atoms with van der Waals surface area (Å²) in [5.41, 5.74) is 0.0657. The van der Waals surface area contributed by atoms with Gasteiger partial charge in [-0.05, 0) is 19.1 Å². The van der Waals surface area contributed by atoms with Crippen LogP contribution in [0, 0.1) is 17.0 Å². The van der Waals surface area contributed by atoms with Gasteiger partial charge in [0.05, 0.1) is 10.6 Å². The van der Waals surface area contributed by atoms with Crippen LogP contribution >= 0.6 is 22.9 Å². The fourth-order valence-electron chi connectivity index (χ4n) is 2.22. The largest absolute Gasteiger partial charge is 0.455 e. The number of aromatic nitrogens is 2. The first-order valence-electron chi connectivity index (χ1n) is 6.94. The van der Waals surface area contributed by atoms with Crippen molar-refractivity contribution in [3.05, 3.63) is 72.1 Å². The maximum Gasteiger partial charge on any atom is 0.345 e. The lowest BCUT2D eigenvalue weighted by atomic mass is 10.2. The van der Waals surface area contributed by atoms with Gasteiger partial charge in [-0.25, -0.2) is 9.78 Å². The number of benzene rings is 1. The number of halogens is 1. The molecule has 0 aliphatic heterocycles. The fourth-order valence-corrected chi connectivity index (χ4v) is 3.28. The van der Waals surface area contributed by atoms with Crippen LogP contribution in [0.4, 0.5) is 5.69 Å². The molecule has 3 aromatic rings. The molecule has 0 N–H and O–H groups in total. The number of nitro benzene ring substituents is 1. The molecule has 10 heteroatoms. The molecule has 0 atom stereocenters. The van der Waals surface area contributed by atoms with E-state index >= 15 is 0 Å². The lowest BCUT2D eigenvalue weighted by molar-refractivity contribution is -0.385. The summed E-state index contributed by atoms with van der Waals surface area (Å²) in [6, 6.07) is 4.91. The predicted octanol–water partition coefficient (Wildman–Crippen LogP) is 2.98. The number of ether oxygens (including phenoxy) is 1. The number of fused-ring (bicyclic) bond motifs is 1. The van der Waals surface area contributed by atoms with Crippen LogP contribution < -0.4 is 5.56 Å². The highest BCUT2D eigenvalue weighted by Crippen LogP contribution is 2.24. The summed E-state index contributed by atoms with van der Waals surface area (Å²) in [6.07, 6.45) is 0. The molecular formula is C15H10ClN3O5S. The van der Waals surface area contributed by atoms with Gasteiger partial charge in [0.1, 0.15) is 12.2 Å². The second-order valence-corrected chi connectivity index (χ2v) is 6.35. The topological polar surface area (TPSA) is 104 Å². The van der Waals surface area contributed by atoms with Crippen LogP contribution in [-0.4, -0.2) is 20.3 Å². The molecule has 0 saturated carbocycles. The van der Waals surface area contributed by atoms with Gasteiger partial charge in [-0.15, -0.1) is 11.3 Å².